The molecule has 3 rings (SSSR count). The Labute approximate surface area is 162 Å². The minimum absolute atomic E-state index is 0.575. The highest BCUT2D eigenvalue weighted by molar-refractivity contribution is 5.56. The lowest BCUT2D eigenvalue weighted by molar-refractivity contribution is -0.702. The van der Waals surface area contributed by atoms with Gasteiger partial charge in [0.05, 0.1) is 5.69 Å². The molecule has 140 valence electrons. The van der Waals surface area contributed by atoms with Gasteiger partial charge >= 0.3 is 0 Å². The summed E-state index contributed by atoms with van der Waals surface area (Å²) in [6.07, 6.45) is 4.25. The van der Waals surface area contributed by atoms with Crippen molar-refractivity contribution in [2.45, 2.75) is 39.8 Å². The van der Waals surface area contributed by atoms with Gasteiger partial charge in [-0.25, -0.2) is 0 Å². The average molecular weight is 362 g/mol. The molecule has 3 heteroatoms. The highest BCUT2D eigenvalue weighted by atomic mass is 16.5. The van der Waals surface area contributed by atoms with Gasteiger partial charge in [-0.2, -0.15) is 4.57 Å². The molecule has 2 aromatic carbocycles. The number of pyridine rings is 1. The number of anilines is 1. The van der Waals surface area contributed by atoms with Crippen molar-refractivity contribution < 1.29 is 9.30 Å². The summed E-state index contributed by atoms with van der Waals surface area (Å²) < 4.78 is 8.54. The van der Waals surface area contributed by atoms with Gasteiger partial charge in [0, 0.05) is 26.0 Å². The lowest BCUT2D eigenvalue weighted by Gasteiger charge is -2.14. The first-order valence-electron chi connectivity index (χ1n) is 9.75. The second-order valence-electron chi connectivity index (χ2n) is 6.77. The molecule has 0 amide bonds. The monoisotopic (exact) mass is 361 g/mol. The van der Waals surface area contributed by atoms with Crippen molar-refractivity contribution in [2.24, 2.45) is 0 Å². The highest BCUT2D eigenvalue weighted by Gasteiger charge is 2.18. The molecule has 1 heterocycles. The fourth-order valence-corrected chi connectivity index (χ4v) is 3.12. The third kappa shape index (κ3) is 5.33. The number of hydrogen-bond donors (Lipinski definition) is 1. The summed E-state index contributed by atoms with van der Waals surface area (Å²) in [5.74, 6) is 0.947. The molecule has 27 heavy (non-hydrogen) atoms. The minimum Gasteiger partial charge on any atom is -0.481 e. The Kier molecular flexibility index (Phi) is 6.86. The van der Waals surface area contributed by atoms with E-state index in [9.17, 15) is 0 Å². The van der Waals surface area contributed by atoms with Gasteiger partial charge in [0.1, 0.15) is 6.61 Å². The second kappa shape index (κ2) is 9.77. The summed E-state index contributed by atoms with van der Waals surface area (Å²) in [6.45, 7) is 6.77. The van der Waals surface area contributed by atoms with Crippen molar-refractivity contribution in [1.82, 2.24) is 0 Å². The van der Waals surface area contributed by atoms with Crippen LogP contribution in [0.3, 0.4) is 0 Å². The molecule has 0 aliphatic heterocycles. The number of aromatic nitrogens is 1. The quantitative estimate of drug-likeness (QED) is 0.547. The molecule has 0 saturated heterocycles. The number of aryl methyl sites for hydroxylation is 2. The first-order valence-corrected chi connectivity index (χ1v) is 9.75. The van der Waals surface area contributed by atoms with Crippen molar-refractivity contribution in [2.75, 3.05) is 11.9 Å². The molecule has 0 bridgehead atoms. The van der Waals surface area contributed by atoms with Crippen molar-refractivity contribution in [3.05, 3.63) is 89.7 Å². The van der Waals surface area contributed by atoms with Crippen LogP contribution in [0, 0.1) is 6.92 Å². The van der Waals surface area contributed by atoms with E-state index >= 15 is 0 Å². The van der Waals surface area contributed by atoms with E-state index in [0.29, 0.717) is 6.61 Å². The minimum atomic E-state index is 0.575. The Morgan fingerprint density at radius 2 is 1.56 bits per heavy atom. The molecule has 0 aliphatic carbocycles. The van der Waals surface area contributed by atoms with Gasteiger partial charge < -0.3 is 10.1 Å². The van der Waals surface area contributed by atoms with Crippen molar-refractivity contribution >= 4 is 5.69 Å². The van der Waals surface area contributed by atoms with E-state index in [1.165, 1.54) is 11.1 Å². The van der Waals surface area contributed by atoms with Crippen LogP contribution in [0.15, 0.2) is 72.9 Å². The summed E-state index contributed by atoms with van der Waals surface area (Å²) in [5, 5.41) is 3.50. The number of nitrogens with one attached hydrogen (secondary N) is 1. The Balaban J connectivity index is 1.78. The molecule has 3 nitrogen and oxygen atoms in total. The van der Waals surface area contributed by atoms with Gasteiger partial charge in [0.25, 0.3) is 0 Å². The molecular formula is C24H29N2O+. The SMILES string of the molecule is CCCNc1cc[n+](CCc2ccccc2)c(C)c1OCc1ccccc1. The van der Waals surface area contributed by atoms with Crippen LogP contribution in [0.1, 0.15) is 30.2 Å². The molecule has 1 N–H and O–H groups in total. The zero-order valence-corrected chi connectivity index (χ0v) is 16.3. The zero-order valence-electron chi connectivity index (χ0n) is 16.3. The molecule has 0 atom stereocenters. The maximum atomic E-state index is 6.26. The van der Waals surface area contributed by atoms with E-state index in [-0.39, 0.29) is 0 Å². The van der Waals surface area contributed by atoms with Gasteiger partial charge in [0.2, 0.25) is 11.4 Å². The molecule has 1 aromatic heterocycles. The Morgan fingerprint density at radius 1 is 0.889 bits per heavy atom. The second-order valence-corrected chi connectivity index (χ2v) is 6.77. The predicted molar refractivity (Wildman–Crippen MR) is 111 cm³/mol. The Bertz CT molecular complexity index is 832. The molecule has 0 fully saturated rings. The topological polar surface area (TPSA) is 25.1 Å². The fraction of sp³-hybridized carbons (Fsp3) is 0.292. The number of hydrogen-bond acceptors (Lipinski definition) is 2. The lowest BCUT2D eigenvalue weighted by Crippen LogP contribution is -2.38. The van der Waals surface area contributed by atoms with Crippen LogP contribution in [0.4, 0.5) is 5.69 Å². The molecular weight excluding hydrogens is 332 g/mol. The van der Waals surface area contributed by atoms with E-state index in [4.69, 9.17) is 4.74 Å². The van der Waals surface area contributed by atoms with Gasteiger partial charge in [0.15, 0.2) is 12.7 Å². The van der Waals surface area contributed by atoms with Gasteiger partial charge in [-0.1, -0.05) is 67.6 Å². The van der Waals surface area contributed by atoms with E-state index < -0.39 is 0 Å². The predicted octanol–water partition coefficient (Wildman–Crippen LogP) is 4.93. The molecule has 0 radical (unpaired) electrons. The molecule has 3 aromatic rings. The third-order valence-electron chi connectivity index (χ3n) is 4.70. The summed E-state index contributed by atoms with van der Waals surface area (Å²) in [7, 11) is 0. The Morgan fingerprint density at radius 3 is 2.22 bits per heavy atom. The lowest BCUT2D eigenvalue weighted by atomic mass is 10.1. The van der Waals surface area contributed by atoms with Crippen LogP contribution >= 0.6 is 0 Å². The normalized spacial score (nSPS) is 10.6. The Hall–Kier alpha value is -2.81. The number of benzene rings is 2. The fourth-order valence-electron chi connectivity index (χ4n) is 3.12. The third-order valence-corrected chi connectivity index (χ3v) is 4.70. The number of nitrogens with zero attached hydrogens (tertiary/aromatic N) is 1. The standard InChI is InChI=1S/C24H28N2O/c1-3-16-25-23-15-18-26(17-14-21-10-6-4-7-11-21)20(2)24(23)27-19-22-12-8-5-9-13-22/h4-13,15,18H,3,14,16-17,19H2,1-2H3/p+1. The van der Waals surface area contributed by atoms with Gasteiger partial charge in [-0.15, -0.1) is 0 Å². The largest absolute Gasteiger partial charge is 0.481 e. The smallest absolute Gasteiger partial charge is 0.222 e. The van der Waals surface area contributed by atoms with Crippen LogP contribution in [0.5, 0.6) is 5.75 Å². The van der Waals surface area contributed by atoms with Gasteiger partial charge in [-0.05, 0) is 17.5 Å². The summed E-state index contributed by atoms with van der Waals surface area (Å²) in [6, 6.07) is 23.1. The molecule has 0 spiro atoms. The van der Waals surface area contributed by atoms with Crippen LogP contribution in [-0.2, 0) is 19.6 Å². The molecule has 0 unspecified atom stereocenters. The maximum Gasteiger partial charge on any atom is 0.222 e. The maximum absolute atomic E-state index is 6.26. The van der Waals surface area contributed by atoms with Crippen LogP contribution in [0.2, 0.25) is 0 Å². The van der Waals surface area contributed by atoms with Gasteiger partial charge in [-0.3, -0.25) is 0 Å². The number of rotatable bonds is 9. The van der Waals surface area contributed by atoms with Crippen molar-refractivity contribution in [1.29, 1.82) is 0 Å². The zero-order chi connectivity index (χ0) is 18.9. The average Bonchev–Trinajstić information content (AvgIpc) is 2.72. The first kappa shape index (κ1) is 19.0. The summed E-state index contributed by atoms with van der Waals surface area (Å²) in [5.41, 5.74) is 4.76. The number of ether oxygens (including phenoxy) is 1. The van der Waals surface area contributed by atoms with Crippen molar-refractivity contribution in [3.63, 3.8) is 0 Å². The summed E-state index contributed by atoms with van der Waals surface area (Å²) >= 11 is 0. The first-order chi connectivity index (χ1) is 13.3. The summed E-state index contributed by atoms with van der Waals surface area (Å²) in [4.78, 5) is 0. The molecule has 0 aliphatic rings. The van der Waals surface area contributed by atoms with E-state index in [1.807, 2.05) is 18.2 Å². The highest BCUT2D eigenvalue weighted by Crippen LogP contribution is 2.27. The van der Waals surface area contributed by atoms with E-state index in [1.54, 1.807) is 0 Å². The van der Waals surface area contributed by atoms with E-state index in [2.05, 4.69) is 78.5 Å². The molecule has 0 saturated carbocycles. The van der Waals surface area contributed by atoms with Crippen LogP contribution in [-0.4, -0.2) is 6.54 Å². The van der Waals surface area contributed by atoms with Crippen molar-refractivity contribution in [3.8, 4) is 5.75 Å². The van der Waals surface area contributed by atoms with Crippen LogP contribution in [0.25, 0.3) is 0 Å². The van der Waals surface area contributed by atoms with Crippen LogP contribution < -0.4 is 14.6 Å². The van der Waals surface area contributed by atoms with E-state index in [0.717, 1.165) is 43.1 Å².